The first kappa shape index (κ1) is 23.0. The number of carbonyl (C=O) groups is 2. The number of rotatable bonds is 7. The van der Waals surface area contributed by atoms with Gasteiger partial charge in [-0.15, -0.1) is 0 Å². The molecule has 2 aliphatic heterocycles. The second kappa shape index (κ2) is 11.7. The van der Waals surface area contributed by atoms with Crippen LogP contribution in [-0.2, 0) is 11.3 Å². The molecule has 2 aliphatic rings. The maximum absolute atomic E-state index is 12.4. The van der Waals surface area contributed by atoms with Crippen LogP contribution in [0.15, 0.2) is 48.7 Å². The predicted molar refractivity (Wildman–Crippen MR) is 130 cm³/mol. The Balaban J connectivity index is 1.15. The summed E-state index contributed by atoms with van der Waals surface area (Å²) in [5, 5.41) is 8.97. The number of benzene rings is 1. The van der Waals surface area contributed by atoms with Crippen molar-refractivity contribution in [3.8, 4) is 0 Å². The molecule has 0 bridgehead atoms. The van der Waals surface area contributed by atoms with E-state index in [-0.39, 0.29) is 18.0 Å². The number of amides is 3. The van der Waals surface area contributed by atoms with Crippen LogP contribution in [0, 0.1) is 0 Å². The van der Waals surface area contributed by atoms with E-state index in [1.165, 1.54) is 19.3 Å². The largest absolute Gasteiger partial charge is 0.357 e. The highest BCUT2D eigenvalue weighted by molar-refractivity contribution is 5.92. The van der Waals surface area contributed by atoms with Crippen molar-refractivity contribution in [1.82, 2.24) is 20.5 Å². The lowest BCUT2D eigenvalue weighted by Crippen LogP contribution is -2.48. The number of carbonyl (C=O) groups excluding carboxylic acids is 2. The molecule has 33 heavy (non-hydrogen) atoms. The first-order valence-corrected chi connectivity index (χ1v) is 12.0. The summed E-state index contributed by atoms with van der Waals surface area (Å²) in [6.07, 6.45) is 7.20. The molecule has 176 valence electrons. The van der Waals surface area contributed by atoms with Gasteiger partial charge < -0.3 is 20.9 Å². The summed E-state index contributed by atoms with van der Waals surface area (Å²) in [5.41, 5.74) is 1.87. The van der Waals surface area contributed by atoms with E-state index in [0.717, 1.165) is 56.1 Å². The van der Waals surface area contributed by atoms with Crippen LogP contribution in [0.2, 0.25) is 0 Å². The van der Waals surface area contributed by atoms with Crippen molar-refractivity contribution < 1.29 is 9.59 Å². The summed E-state index contributed by atoms with van der Waals surface area (Å²) in [4.78, 5) is 33.6. The molecule has 0 radical (unpaired) electrons. The summed E-state index contributed by atoms with van der Waals surface area (Å²) < 4.78 is 0. The van der Waals surface area contributed by atoms with Gasteiger partial charge in [0.25, 0.3) is 0 Å². The molecule has 2 fully saturated rings. The van der Waals surface area contributed by atoms with E-state index in [1.807, 2.05) is 42.6 Å². The van der Waals surface area contributed by atoms with E-state index in [9.17, 15) is 9.59 Å². The van der Waals surface area contributed by atoms with Crippen LogP contribution in [0.1, 0.15) is 37.7 Å². The van der Waals surface area contributed by atoms with Crippen molar-refractivity contribution in [2.24, 2.45) is 0 Å². The molecule has 4 rings (SSSR count). The molecule has 8 nitrogen and oxygen atoms in total. The lowest BCUT2D eigenvalue weighted by Gasteiger charge is -2.31. The van der Waals surface area contributed by atoms with Gasteiger partial charge in [0, 0.05) is 50.6 Å². The van der Waals surface area contributed by atoms with Crippen LogP contribution in [0.4, 0.5) is 16.3 Å². The number of para-hydroxylation sites is 1. The van der Waals surface area contributed by atoms with Crippen molar-refractivity contribution in [3.05, 3.63) is 54.2 Å². The fraction of sp³-hybridized carbons (Fsp3) is 0.480. The standard InChI is InChI=1S/C25H34N6O2/c32-24(28-21-7-3-1-4-8-21)19-30-15-10-22(11-16-30)29-25(33)27-18-20-9-12-26-23(17-20)31-13-5-2-6-14-31/h1,3-4,7-9,12,17,22H,2,5-6,10-11,13-16,18-19H2,(H,28,32)(H2,27,29,33). The highest BCUT2D eigenvalue weighted by Crippen LogP contribution is 2.18. The summed E-state index contributed by atoms with van der Waals surface area (Å²) in [7, 11) is 0. The number of pyridine rings is 1. The molecule has 1 aromatic heterocycles. The highest BCUT2D eigenvalue weighted by atomic mass is 16.2. The molecular weight excluding hydrogens is 416 g/mol. The summed E-state index contributed by atoms with van der Waals surface area (Å²) in [6, 6.07) is 13.5. The minimum Gasteiger partial charge on any atom is -0.357 e. The van der Waals surface area contributed by atoms with Crippen LogP contribution < -0.4 is 20.9 Å². The van der Waals surface area contributed by atoms with Gasteiger partial charge in [-0.3, -0.25) is 9.69 Å². The number of likely N-dealkylation sites (tertiary alicyclic amines) is 1. The molecule has 0 spiro atoms. The van der Waals surface area contributed by atoms with Crippen LogP contribution >= 0.6 is 0 Å². The van der Waals surface area contributed by atoms with E-state index >= 15 is 0 Å². The lowest BCUT2D eigenvalue weighted by molar-refractivity contribution is -0.117. The zero-order chi connectivity index (χ0) is 22.9. The zero-order valence-electron chi connectivity index (χ0n) is 19.1. The summed E-state index contributed by atoms with van der Waals surface area (Å²) in [5.74, 6) is 0.990. The quantitative estimate of drug-likeness (QED) is 0.604. The smallest absolute Gasteiger partial charge is 0.315 e. The van der Waals surface area contributed by atoms with Crippen molar-refractivity contribution in [2.75, 3.05) is 42.9 Å². The van der Waals surface area contributed by atoms with Crippen molar-refractivity contribution in [1.29, 1.82) is 0 Å². The average Bonchev–Trinajstić information content (AvgIpc) is 2.85. The van der Waals surface area contributed by atoms with Gasteiger partial charge in [-0.2, -0.15) is 0 Å². The number of nitrogens with one attached hydrogen (secondary N) is 3. The van der Waals surface area contributed by atoms with Gasteiger partial charge in [-0.1, -0.05) is 18.2 Å². The zero-order valence-corrected chi connectivity index (χ0v) is 19.1. The van der Waals surface area contributed by atoms with Gasteiger partial charge in [-0.05, 0) is 61.9 Å². The van der Waals surface area contributed by atoms with Gasteiger partial charge in [0.05, 0.1) is 6.54 Å². The third-order valence-electron chi connectivity index (χ3n) is 6.29. The molecule has 0 saturated carbocycles. The Kier molecular flexibility index (Phi) is 8.14. The first-order valence-electron chi connectivity index (χ1n) is 12.0. The maximum atomic E-state index is 12.4. The number of aromatic nitrogens is 1. The topological polar surface area (TPSA) is 89.6 Å². The molecule has 1 aromatic carbocycles. The third kappa shape index (κ3) is 7.18. The van der Waals surface area contributed by atoms with E-state index in [4.69, 9.17) is 0 Å². The Labute approximate surface area is 195 Å². The fourth-order valence-electron chi connectivity index (χ4n) is 4.45. The van der Waals surface area contributed by atoms with Crippen LogP contribution in [0.3, 0.4) is 0 Å². The Morgan fingerprint density at radius 2 is 1.73 bits per heavy atom. The Bertz CT molecular complexity index is 908. The number of nitrogens with zero attached hydrogens (tertiary/aromatic N) is 3. The molecule has 2 saturated heterocycles. The Hall–Kier alpha value is -3.13. The van der Waals surface area contributed by atoms with Gasteiger partial charge in [0.2, 0.25) is 5.91 Å². The number of anilines is 2. The monoisotopic (exact) mass is 450 g/mol. The molecule has 0 aliphatic carbocycles. The third-order valence-corrected chi connectivity index (χ3v) is 6.29. The van der Waals surface area contributed by atoms with Crippen molar-refractivity contribution in [3.63, 3.8) is 0 Å². The molecule has 3 N–H and O–H groups in total. The minimum absolute atomic E-state index is 0.00775. The molecule has 2 aromatic rings. The Morgan fingerprint density at radius 3 is 2.48 bits per heavy atom. The maximum Gasteiger partial charge on any atom is 0.315 e. The van der Waals surface area contributed by atoms with Crippen LogP contribution in [-0.4, -0.2) is 60.6 Å². The molecule has 0 atom stereocenters. The molecule has 8 heteroatoms. The van der Waals surface area contributed by atoms with Gasteiger partial charge in [0.1, 0.15) is 5.82 Å². The fourth-order valence-corrected chi connectivity index (χ4v) is 4.45. The first-order chi connectivity index (χ1) is 16.2. The van der Waals surface area contributed by atoms with Crippen LogP contribution in [0.5, 0.6) is 0 Å². The lowest BCUT2D eigenvalue weighted by atomic mass is 10.1. The number of urea groups is 1. The van der Waals surface area contributed by atoms with Gasteiger partial charge in [-0.25, -0.2) is 9.78 Å². The summed E-state index contributed by atoms with van der Waals surface area (Å²) >= 11 is 0. The van der Waals surface area contributed by atoms with E-state index in [0.29, 0.717) is 13.1 Å². The second-order valence-corrected chi connectivity index (χ2v) is 8.86. The average molecular weight is 451 g/mol. The number of piperidine rings is 2. The molecular formula is C25H34N6O2. The molecule has 3 heterocycles. The van der Waals surface area contributed by atoms with Crippen molar-refractivity contribution >= 4 is 23.4 Å². The summed E-state index contributed by atoms with van der Waals surface area (Å²) in [6.45, 7) is 4.53. The number of hydrogen-bond acceptors (Lipinski definition) is 5. The minimum atomic E-state index is -0.147. The van der Waals surface area contributed by atoms with Crippen LogP contribution in [0.25, 0.3) is 0 Å². The second-order valence-electron chi connectivity index (χ2n) is 8.86. The molecule has 3 amide bonds. The predicted octanol–water partition coefficient (Wildman–Crippen LogP) is 2.97. The van der Waals surface area contributed by atoms with E-state index in [2.05, 4.69) is 36.8 Å². The molecule has 0 unspecified atom stereocenters. The highest BCUT2D eigenvalue weighted by Gasteiger charge is 2.22. The van der Waals surface area contributed by atoms with Gasteiger partial charge >= 0.3 is 6.03 Å². The normalized spacial score (nSPS) is 17.4. The van der Waals surface area contributed by atoms with Crippen molar-refractivity contribution in [2.45, 2.75) is 44.7 Å². The number of hydrogen-bond donors (Lipinski definition) is 3. The van der Waals surface area contributed by atoms with E-state index < -0.39 is 0 Å². The van der Waals surface area contributed by atoms with Gasteiger partial charge in [0.15, 0.2) is 0 Å². The van der Waals surface area contributed by atoms with E-state index in [1.54, 1.807) is 0 Å². The Morgan fingerprint density at radius 1 is 0.970 bits per heavy atom. The SMILES string of the molecule is O=C(CN1CCC(NC(=O)NCc2ccnc(N3CCCCC3)c2)CC1)Nc1ccccc1.